The van der Waals surface area contributed by atoms with Gasteiger partial charge in [0, 0.05) is 0 Å². The zero-order valence-corrected chi connectivity index (χ0v) is 25.3. The third-order valence-corrected chi connectivity index (χ3v) is 9.48. The lowest BCUT2D eigenvalue weighted by molar-refractivity contribution is 1.56. The van der Waals surface area contributed by atoms with Crippen LogP contribution in [0.4, 0.5) is 0 Å². The molecule has 0 spiro atoms. The van der Waals surface area contributed by atoms with Crippen molar-refractivity contribution in [1.29, 1.82) is 0 Å². The number of hydrogen-bond donors (Lipinski definition) is 0. The minimum Gasteiger partial charge on any atom is -0.0622 e. The van der Waals surface area contributed by atoms with Gasteiger partial charge in [-0.2, -0.15) is 0 Å². The first-order chi connectivity index (χ1) is 22.8. The fraction of sp³-hybridized carbons (Fsp3) is 0. The molecule has 0 saturated heterocycles. The van der Waals surface area contributed by atoms with E-state index in [1.54, 1.807) is 0 Å². The molecule has 0 unspecified atom stereocenters. The molecule has 0 saturated carbocycles. The summed E-state index contributed by atoms with van der Waals surface area (Å²) in [6.45, 7) is 0. The van der Waals surface area contributed by atoms with Gasteiger partial charge in [0.15, 0.2) is 0 Å². The first kappa shape index (κ1) is 26.4. The molecule has 0 atom stereocenters. The molecule has 0 N–H and O–H groups in total. The first-order valence-corrected chi connectivity index (χ1v) is 15.9. The van der Waals surface area contributed by atoms with Crippen LogP contribution in [0.3, 0.4) is 0 Å². The Morgan fingerprint density at radius 2 is 0.587 bits per heavy atom. The predicted octanol–water partition coefficient (Wildman–Crippen LogP) is 12.8. The Labute approximate surface area is 269 Å². The summed E-state index contributed by atoms with van der Waals surface area (Å²) < 4.78 is 0. The molecule has 1 aliphatic carbocycles. The third-order valence-electron chi connectivity index (χ3n) is 9.48. The fourth-order valence-corrected chi connectivity index (χ4v) is 7.23. The Morgan fingerprint density at radius 3 is 1.22 bits per heavy atom. The van der Waals surface area contributed by atoms with Gasteiger partial charge in [0.1, 0.15) is 0 Å². The SMILES string of the molecule is c1ccc(-c2ccc(-c3ccc(-c4ccccc4-c4cccc(-c5ccc6c7c(cccc57)-c5ccccc5-6)c4)cc3)cc2)cc1. The summed E-state index contributed by atoms with van der Waals surface area (Å²) in [5, 5.41) is 2.67. The average molecular weight is 583 g/mol. The van der Waals surface area contributed by atoms with Crippen LogP contribution < -0.4 is 0 Å². The van der Waals surface area contributed by atoms with E-state index in [1.165, 1.54) is 88.7 Å². The molecule has 9 rings (SSSR count). The molecule has 8 aromatic carbocycles. The summed E-state index contributed by atoms with van der Waals surface area (Å²) >= 11 is 0. The van der Waals surface area contributed by atoms with Crippen molar-refractivity contribution >= 4 is 10.8 Å². The Balaban J connectivity index is 1.06. The highest BCUT2D eigenvalue weighted by atomic mass is 14.2. The Hall–Kier alpha value is -5.98. The second-order valence-electron chi connectivity index (χ2n) is 12.1. The van der Waals surface area contributed by atoms with Crippen molar-refractivity contribution < 1.29 is 0 Å². The van der Waals surface area contributed by atoms with Crippen LogP contribution in [0.15, 0.2) is 182 Å². The molecular formula is C46H30. The molecule has 0 heterocycles. The van der Waals surface area contributed by atoms with E-state index in [4.69, 9.17) is 0 Å². The first-order valence-electron chi connectivity index (χ1n) is 15.9. The van der Waals surface area contributed by atoms with Gasteiger partial charge in [0.25, 0.3) is 0 Å². The number of fused-ring (bicyclic) bond motifs is 3. The van der Waals surface area contributed by atoms with Crippen LogP contribution in [0.1, 0.15) is 0 Å². The molecule has 0 aliphatic heterocycles. The summed E-state index contributed by atoms with van der Waals surface area (Å²) in [6.07, 6.45) is 0. The summed E-state index contributed by atoms with van der Waals surface area (Å²) in [5.74, 6) is 0. The van der Waals surface area contributed by atoms with Gasteiger partial charge < -0.3 is 0 Å². The molecule has 0 aromatic heterocycles. The molecule has 0 amide bonds. The van der Waals surface area contributed by atoms with Crippen LogP contribution in [0.25, 0.3) is 88.7 Å². The summed E-state index contributed by atoms with van der Waals surface area (Å²) in [4.78, 5) is 0. The van der Waals surface area contributed by atoms with Gasteiger partial charge in [-0.1, -0.05) is 176 Å². The van der Waals surface area contributed by atoms with Crippen molar-refractivity contribution in [2.75, 3.05) is 0 Å². The van der Waals surface area contributed by atoms with Crippen molar-refractivity contribution in [2.45, 2.75) is 0 Å². The summed E-state index contributed by atoms with van der Waals surface area (Å²) in [7, 11) is 0. The van der Waals surface area contributed by atoms with Crippen molar-refractivity contribution in [1.82, 2.24) is 0 Å². The van der Waals surface area contributed by atoms with Crippen molar-refractivity contribution in [3.05, 3.63) is 182 Å². The third kappa shape index (κ3) is 4.38. The Bertz CT molecular complexity index is 2350. The van der Waals surface area contributed by atoms with Crippen molar-refractivity contribution in [3.63, 3.8) is 0 Å². The van der Waals surface area contributed by atoms with Crippen LogP contribution in [0.5, 0.6) is 0 Å². The van der Waals surface area contributed by atoms with Crippen molar-refractivity contribution in [3.8, 4) is 77.9 Å². The summed E-state index contributed by atoms with van der Waals surface area (Å²) in [5.41, 5.74) is 17.7. The predicted molar refractivity (Wildman–Crippen MR) is 196 cm³/mol. The largest absolute Gasteiger partial charge is 0.0622 e. The molecule has 214 valence electrons. The molecule has 0 bridgehead atoms. The van der Waals surface area contributed by atoms with Crippen molar-refractivity contribution in [2.24, 2.45) is 0 Å². The second-order valence-corrected chi connectivity index (χ2v) is 12.1. The standard InChI is InChI=1S/C46H30/c1-2-10-31(11-3-1)32-20-22-33(23-21-32)34-24-26-35(27-25-34)38-14-4-5-15-39(38)36-12-8-13-37(30-36)40-28-29-45-42-17-7-6-16-41(42)44-19-9-18-43(40)46(44)45/h1-30H. The number of benzene rings is 8. The maximum absolute atomic E-state index is 2.35. The van der Waals surface area contributed by atoms with E-state index in [0.717, 1.165) is 0 Å². The normalized spacial score (nSPS) is 11.5. The van der Waals surface area contributed by atoms with E-state index in [1.807, 2.05) is 0 Å². The van der Waals surface area contributed by atoms with E-state index in [0.29, 0.717) is 0 Å². The van der Waals surface area contributed by atoms with E-state index in [-0.39, 0.29) is 0 Å². The summed E-state index contributed by atoms with van der Waals surface area (Å²) in [6, 6.07) is 66.3. The molecule has 0 nitrogen and oxygen atoms in total. The maximum Gasteiger partial charge on any atom is -0.00201 e. The van der Waals surface area contributed by atoms with Crippen LogP contribution in [0, 0.1) is 0 Å². The highest BCUT2D eigenvalue weighted by Gasteiger charge is 2.22. The monoisotopic (exact) mass is 582 g/mol. The molecule has 1 aliphatic rings. The second kappa shape index (κ2) is 10.9. The minimum absolute atomic E-state index is 1.22. The average Bonchev–Trinajstić information content (AvgIpc) is 3.47. The zero-order valence-electron chi connectivity index (χ0n) is 25.3. The minimum atomic E-state index is 1.22. The lowest BCUT2D eigenvalue weighted by atomic mass is 9.90. The van der Waals surface area contributed by atoms with Crippen LogP contribution in [-0.4, -0.2) is 0 Å². The van der Waals surface area contributed by atoms with Gasteiger partial charge in [0.05, 0.1) is 0 Å². The number of hydrogen-bond acceptors (Lipinski definition) is 0. The topological polar surface area (TPSA) is 0 Å². The van der Waals surface area contributed by atoms with Gasteiger partial charge in [-0.3, -0.25) is 0 Å². The molecule has 8 aromatic rings. The van der Waals surface area contributed by atoms with Gasteiger partial charge >= 0.3 is 0 Å². The fourth-order valence-electron chi connectivity index (χ4n) is 7.23. The lowest BCUT2D eigenvalue weighted by Crippen LogP contribution is -1.88. The van der Waals surface area contributed by atoms with Gasteiger partial charge in [-0.25, -0.2) is 0 Å². The highest BCUT2D eigenvalue weighted by Crippen LogP contribution is 2.49. The molecule has 0 radical (unpaired) electrons. The molecule has 0 fully saturated rings. The lowest BCUT2D eigenvalue weighted by Gasteiger charge is -2.14. The highest BCUT2D eigenvalue weighted by molar-refractivity contribution is 6.18. The zero-order chi connectivity index (χ0) is 30.5. The Morgan fingerprint density at radius 1 is 0.196 bits per heavy atom. The van der Waals surface area contributed by atoms with E-state index >= 15 is 0 Å². The number of rotatable bonds is 5. The maximum atomic E-state index is 2.35. The Kier molecular flexibility index (Phi) is 6.25. The van der Waals surface area contributed by atoms with Crippen LogP contribution >= 0.6 is 0 Å². The van der Waals surface area contributed by atoms with Gasteiger partial charge in [-0.15, -0.1) is 0 Å². The molecule has 46 heavy (non-hydrogen) atoms. The van der Waals surface area contributed by atoms with Crippen LogP contribution in [-0.2, 0) is 0 Å². The van der Waals surface area contributed by atoms with Gasteiger partial charge in [0.2, 0.25) is 0 Å². The van der Waals surface area contributed by atoms with Crippen LogP contribution in [0.2, 0.25) is 0 Å². The van der Waals surface area contributed by atoms with Gasteiger partial charge in [-0.05, 0) is 94.7 Å². The quantitative estimate of drug-likeness (QED) is 0.189. The van der Waals surface area contributed by atoms with E-state index in [2.05, 4.69) is 182 Å². The smallest absolute Gasteiger partial charge is 0.00201 e. The molecular weight excluding hydrogens is 553 g/mol. The van der Waals surface area contributed by atoms with E-state index < -0.39 is 0 Å². The molecule has 0 heteroatoms. The van der Waals surface area contributed by atoms with E-state index in [9.17, 15) is 0 Å².